The summed E-state index contributed by atoms with van der Waals surface area (Å²) in [7, 11) is 0. The van der Waals surface area contributed by atoms with Gasteiger partial charge in [0.15, 0.2) is 0 Å². The van der Waals surface area contributed by atoms with E-state index in [-0.39, 0.29) is 12.0 Å². The number of aromatic amines is 1. The van der Waals surface area contributed by atoms with Gasteiger partial charge in [-0.1, -0.05) is 78.9 Å². The van der Waals surface area contributed by atoms with Gasteiger partial charge in [-0.25, -0.2) is 9.78 Å². The Kier molecular flexibility index (Phi) is 8.19. The number of para-hydroxylation sites is 1. The van der Waals surface area contributed by atoms with Crippen LogP contribution in [0.1, 0.15) is 47.5 Å². The number of ether oxygens (including phenoxy) is 1. The summed E-state index contributed by atoms with van der Waals surface area (Å²) in [6, 6.07) is 28.9. The average molecular weight is 509 g/mol. The molecule has 0 saturated heterocycles. The van der Waals surface area contributed by atoms with Crippen LogP contribution in [0.3, 0.4) is 0 Å². The molecule has 4 aromatic rings. The lowest BCUT2D eigenvalue weighted by Crippen LogP contribution is -2.44. The highest BCUT2D eigenvalue weighted by atomic mass is 16.5. The summed E-state index contributed by atoms with van der Waals surface area (Å²) in [6.45, 7) is 6.39. The molecule has 6 nitrogen and oxygen atoms in total. The van der Waals surface area contributed by atoms with Gasteiger partial charge in [0.2, 0.25) is 0 Å². The van der Waals surface area contributed by atoms with Crippen LogP contribution in [0.5, 0.6) is 0 Å². The molecule has 0 spiro atoms. The van der Waals surface area contributed by atoms with E-state index in [1.165, 1.54) is 16.8 Å². The Balaban J connectivity index is 1.55. The lowest BCUT2D eigenvalue weighted by atomic mass is 10.0. The maximum Gasteiger partial charge on any atom is 0.328 e. The van der Waals surface area contributed by atoms with Crippen molar-refractivity contribution in [1.82, 2.24) is 14.9 Å². The topological polar surface area (TPSA) is 61.5 Å². The van der Waals surface area contributed by atoms with Crippen molar-refractivity contribution in [1.29, 1.82) is 0 Å². The lowest BCUT2D eigenvalue weighted by Gasteiger charge is -2.36. The molecule has 2 heterocycles. The molecule has 1 aliphatic heterocycles. The zero-order valence-corrected chi connectivity index (χ0v) is 22.2. The van der Waals surface area contributed by atoms with Gasteiger partial charge in [-0.2, -0.15) is 0 Å². The number of carbonyl (C=O) groups is 1. The third kappa shape index (κ3) is 5.81. The van der Waals surface area contributed by atoms with Crippen molar-refractivity contribution in [3.63, 3.8) is 0 Å². The smallest absolute Gasteiger partial charge is 0.328 e. The van der Waals surface area contributed by atoms with Crippen molar-refractivity contribution in [2.75, 3.05) is 18.1 Å². The number of nitrogens with one attached hydrogen (secondary N) is 1. The second-order valence-corrected chi connectivity index (χ2v) is 9.90. The van der Waals surface area contributed by atoms with E-state index in [0.717, 1.165) is 36.3 Å². The standard InChI is InChI=1S/C32H36N4O2/c1-3-38-32(37)31(26-14-8-5-9-15-26)35-20-27-16-10-11-17-30(27)36(22-29-24(2)33-23-34-29)28(21-35)19-18-25-12-6-4-7-13-25/h4-17,23,28,31H,3,18-22H2,1-2H3,(H,33,34). The van der Waals surface area contributed by atoms with Crippen LogP contribution in [0.15, 0.2) is 91.3 Å². The van der Waals surface area contributed by atoms with Gasteiger partial charge >= 0.3 is 5.97 Å². The first-order valence-electron chi connectivity index (χ1n) is 13.5. The van der Waals surface area contributed by atoms with Crippen LogP contribution in [-0.2, 0) is 29.0 Å². The number of hydrogen-bond donors (Lipinski definition) is 1. The summed E-state index contributed by atoms with van der Waals surface area (Å²) >= 11 is 0. The largest absolute Gasteiger partial charge is 0.465 e. The molecule has 1 aliphatic rings. The van der Waals surface area contributed by atoms with E-state index in [4.69, 9.17) is 4.74 Å². The Morgan fingerprint density at radius 3 is 2.45 bits per heavy atom. The zero-order chi connectivity index (χ0) is 26.3. The highest BCUT2D eigenvalue weighted by Crippen LogP contribution is 2.35. The fourth-order valence-electron chi connectivity index (χ4n) is 5.47. The van der Waals surface area contributed by atoms with E-state index >= 15 is 0 Å². The van der Waals surface area contributed by atoms with E-state index in [9.17, 15) is 4.79 Å². The zero-order valence-electron chi connectivity index (χ0n) is 22.2. The van der Waals surface area contributed by atoms with Crippen molar-refractivity contribution in [3.05, 3.63) is 119 Å². The number of aromatic nitrogens is 2. The van der Waals surface area contributed by atoms with Crippen molar-refractivity contribution in [3.8, 4) is 0 Å². The number of anilines is 1. The molecule has 0 fully saturated rings. The number of benzene rings is 3. The van der Waals surface area contributed by atoms with Gasteiger partial charge in [0, 0.05) is 30.5 Å². The summed E-state index contributed by atoms with van der Waals surface area (Å²) in [5, 5.41) is 0. The quantitative estimate of drug-likeness (QED) is 0.288. The van der Waals surface area contributed by atoms with Gasteiger partial charge in [-0.3, -0.25) is 4.90 Å². The number of esters is 1. The third-order valence-electron chi connectivity index (χ3n) is 7.41. The molecule has 196 valence electrons. The molecule has 0 bridgehead atoms. The maximum absolute atomic E-state index is 13.4. The number of carbonyl (C=O) groups excluding carboxylic acids is 1. The molecule has 5 rings (SSSR count). The molecule has 0 amide bonds. The van der Waals surface area contributed by atoms with E-state index in [1.807, 2.05) is 37.3 Å². The Labute approximate surface area is 225 Å². The van der Waals surface area contributed by atoms with Gasteiger partial charge in [-0.15, -0.1) is 0 Å². The Morgan fingerprint density at radius 2 is 1.74 bits per heavy atom. The molecule has 0 radical (unpaired) electrons. The second-order valence-electron chi connectivity index (χ2n) is 9.90. The summed E-state index contributed by atoms with van der Waals surface area (Å²) in [5.41, 5.74) is 6.81. The van der Waals surface area contributed by atoms with Crippen LogP contribution in [0.25, 0.3) is 0 Å². The normalized spacial score (nSPS) is 16.5. The van der Waals surface area contributed by atoms with Gasteiger partial charge in [0.1, 0.15) is 6.04 Å². The van der Waals surface area contributed by atoms with Crippen molar-refractivity contribution in [2.45, 2.75) is 51.9 Å². The minimum Gasteiger partial charge on any atom is -0.465 e. The van der Waals surface area contributed by atoms with Crippen molar-refractivity contribution >= 4 is 11.7 Å². The predicted octanol–water partition coefficient (Wildman–Crippen LogP) is 5.85. The number of hydrogen-bond acceptors (Lipinski definition) is 5. The number of imidazole rings is 1. The molecule has 1 aromatic heterocycles. The average Bonchev–Trinajstić information content (AvgIpc) is 3.28. The summed E-state index contributed by atoms with van der Waals surface area (Å²) < 4.78 is 5.62. The molecular formula is C32H36N4O2. The molecule has 3 aromatic carbocycles. The Hall–Kier alpha value is -3.90. The predicted molar refractivity (Wildman–Crippen MR) is 151 cm³/mol. The molecule has 2 atom stereocenters. The first-order valence-corrected chi connectivity index (χ1v) is 13.5. The van der Waals surface area contributed by atoms with Crippen molar-refractivity contribution < 1.29 is 9.53 Å². The molecule has 6 heteroatoms. The summed E-state index contributed by atoms with van der Waals surface area (Å²) in [4.78, 5) is 26.1. The highest BCUT2D eigenvalue weighted by molar-refractivity contribution is 5.78. The third-order valence-corrected chi connectivity index (χ3v) is 7.41. The second kappa shape index (κ2) is 12.1. The summed E-state index contributed by atoms with van der Waals surface area (Å²) in [5.74, 6) is -0.199. The van der Waals surface area contributed by atoms with Gasteiger partial charge in [0.05, 0.1) is 25.2 Å². The number of H-pyrrole nitrogens is 1. The fourth-order valence-corrected chi connectivity index (χ4v) is 5.47. The Morgan fingerprint density at radius 1 is 1.03 bits per heavy atom. The van der Waals surface area contributed by atoms with Crippen LogP contribution >= 0.6 is 0 Å². The highest BCUT2D eigenvalue weighted by Gasteiger charge is 2.36. The lowest BCUT2D eigenvalue weighted by molar-refractivity contribution is -0.150. The van der Waals surface area contributed by atoms with E-state index in [1.54, 1.807) is 6.33 Å². The first-order chi connectivity index (χ1) is 18.6. The maximum atomic E-state index is 13.4. The van der Waals surface area contributed by atoms with Gasteiger partial charge in [-0.05, 0) is 49.4 Å². The summed E-state index contributed by atoms with van der Waals surface area (Å²) in [6.07, 6.45) is 3.67. The van der Waals surface area contributed by atoms with Crippen LogP contribution < -0.4 is 4.90 Å². The van der Waals surface area contributed by atoms with E-state index in [2.05, 4.69) is 81.3 Å². The minimum atomic E-state index is -0.476. The number of aryl methyl sites for hydroxylation is 2. The van der Waals surface area contributed by atoms with Crippen LogP contribution in [0.2, 0.25) is 0 Å². The molecule has 0 aliphatic carbocycles. The van der Waals surface area contributed by atoms with Crippen molar-refractivity contribution in [2.24, 2.45) is 0 Å². The minimum absolute atomic E-state index is 0.163. The SMILES string of the molecule is CCOC(=O)C(c1ccccc1)N1Cc2ccccc2N(Cc2nc[nH]c2C)C(CCc2ccccc2)C1. The fraction of sp³-hybridized carbons (Fsp3) is 0.312. The molecule has 1 N–H and O–H groups in total. The molecular weight excluding hydrogens is 472 g/mol. The van der Waals surface area contributed by atoms with Gasteiger partial charge in [0.25, 0.3) is 0 Å². The van der Waals surface area contributed by atoms with Crippen LogP contribution in [0, 0.1) is 6.92 Å². The Bertz CT molecular complexity index is 1320. The monoisotopic (exact) mass is 508 g/mol. The van der Waals surface area contributed by atoms with Crippen LogP contribution in [-0.4, -0.2) is 40.0 Å². The first kappa shape index (κ1) is 25.7. The number of fused-ring (bicyclic) bond motifs is 1. The molecule has 0 saturated carbocycles. The van der Waals surface area contributed by atoms with E-state index in [0.29, 0.717) is 19.7 Å². The molecule has 2 unspecified atom stereocenters. The number of nitrogens with zero attached hydrogens (tertiary/aromatic N) is 3. The number of rotatable bonds is 9. The molecule has 38 heavy (non-hydrogen) atoms. The van der Waals surface area contributed by atoms with Crippen LogP contribution in [0.4, 0.5) is 5.69 Å². The van der Waals surface area contributed by atoms with E-state index < -0.39 is 6.04 Å². The van der Waals surface area contributed by atoms with Gasteiger partial charge < -0.3 is 14.6 Å².